The number of nitrogens with one attached hydrogen (secondary N) is 1. The number of allylic oxidation sites excluding steroid dienone is 6. The number of alkyl halides is 3. The van der Waals surface area contributed by atoms with Crippen LogP contribution in [0.1, 0.15) is 0 Å². The van der Waals surface area contributed by atoms with E-state index in [0.29, 0.717) is 5.70 Å². The second-order valence-electron chi connectivity index (χ2n) is 3.36. The predicted octanol–water partition coefficient (Wildman–Crippen LogP) is 4.59. The van der Waals surface area contributed by atoms with Gasteiger partial charge >= 0.3 is 5.51 Å². The van der Waals surface area contributed by atoms with Crippen molar-refractivity contribution in [2.75, 3.05) is 0 Å². The molecule has 1 N–H and O–H groups in total. The third kappa shape index (κ3) is 2.24. The molecule has 17 heavy (non-hydrogen) atoms. The molecule has 2 heterocycles. The maximum Gasteiger partial charge on any atom is 0.442 e. The highest BCUT2D eigenvalue weighted by molar-refractivity contribution is 9.59. The first-order valence-electron chi connectivity index (χ1n) is 4.73. The van der Waals surface area contributed by atoms with E-state index in [2.05, 4.69) is 20.1 Å². The lowest BCUT2D eigenvalue weighted by Crippen LogP contribution is -2.18. The lowest BCUT2D eigenvalue weighted by molar-refractivity contribution is -0.0346. The summed E-state index contributed by atoms with van der Waals surface area (Å²) in [4.78, 5) is 0.237. The normalized spacial score (nSPS) is 31.3. The first kappa shape index (κ1) is 12.6. The van der Waals surface area contributed by atoms with Crippen molar-refractivity contribution in [1.82, 2.24) is 5.32 Å². The van der Waals surface area contributed by atoms with Crippen LogP contribution in [0.4, 0.5) is 13.2 Å². The Morgan fingerprint density at radius 3 is 2.53 bits per heavy atom. The fourth-order valence-corrected chi connectivity index (χ4v) is 4.26. The van der Waals surface area contributed by atoms with Crippen molar-refractivity contribution in [1.29, 1.82) is 0 Å². The van der Waals surface area contributed by atoms with E-state index < -0.39 is 14.0 Å². The summed E-state index contributed by atoms with van der Waals surface area (Å²) in [6.07, 6.45) is 11.4. The molecule has 0 aliphatic carbocycles. The van der Waals surface area contributed by atoms with Crippen LogP contribution in [0.5, 0.6) is 0 Å². The third-order valence-electron chi connectivity index (χ3n) is 2.26. The summed E-state index contributed by atoms with van der Waals surface area (Å²) in [6.45, 7) is 0. The topological polar surface area (TPSA) is 12.0 Å². The van der Waals surface area contributed by atoms with E-state index >= 15 is 0 Å². The molecule has 0 aromatic heterocycles. The van der Waals surface area contributed by atoms with E-state index in [1.165, 1.54) is 17.6 Å². The minimum Gasteiger partial charge on any atom is -0.361 e. The summed E-state index contributed by atoms with van der Waals surface area (Å²) in [5.41, 5.74) is -3.84. The van der Waals surface area contributed by atoms with Gasteiger partial charge in [-0.3, -0.25) is 0 Å². The Labute approximate surface area is 106 Å². The zero-order chi connectivity index (χ0) is 12.5. The SMILES string of the molecule is FC(F)(F)S1(Br)C=CC=C1C1=CC=CC=CN1. The van der Waals surface area contributed by atoms with Crippen LogP contribution in [-0.4, -0.2) is 5.51 Å². The summed E-state index contributed by atoms with van der Waals surface area (Å²) >= 11 is 2.87. The molecule has 92 valence electrons. The number of halogens is 4. The molecule has 0 bridgehead atoms. The number of rotatable bonds is 1. The van der Waals surface area contributed by atoms with Gasteiger partial charge in [-0.15, -0.1) is 0 Å². The quantitative estimate of drug-likeness (QED) is 0.744. The van der Waals surface area contributed by atoms with E-state index in [9.17, 15) is 13.2 Å². The minimum absolute atomic E-state index is 0.237. The molecular weight excluding hydrogens is 315 g/mol. The molecule has 0 radical (unpaired) electrons. The van der Waals surface area contributed by atoms with Crippen molar-refractivity contribution < 1.29 is 13.2 Å². The van der Waals surface area contributed by atoms with Gasteiger partial charge < -0.3 is 5.32 Å². The molecule has 6 heteroatoms. The summed E-state index contributed by atoms with van der Waals surface area (Å²) < 4.78 is 39.2. The van der Waals surface area contributed by atoms with Gasteiger partial charge in [0.2, 0.25) is 0 Å². The maximum absolute atomic E-state index is 13.1. The van der Waals surface area contributed by atoms with Gasteiger partial charge in [-0.1, -0.05) is 18.2 Å². The maximum atomic E-state index is 13.1. The fourth-order valence-electron chi connectivity index (χ4n) is 1.47. The molecule has 1 atom stereocenters. The molecule has 2 aliphatic rings. The summed E-state index contributed by atoms with van der Waals surface area (Å²) in [5, 5.41) is 4.04. The van der Waals surface area contributed by atoms with Crippen LogP contribution in [0.15, 0.2) is 58.7 Å². The summed E-state index contributed by atoms with van der Waals surface area (Å²) in [6, 6.07) is 0. The predicted molar refractivity (Wildman–Crippen MR) is 69.3 cm³/mol. The zero-order valence-electron chi connectivity index (χ0n) is 8.54. The molecule has 1 nitrogen and oxygen atoms in total. The van der Waals surface area contributed by atoms with Crippen LogP contribution >= 0.6 is 23.3 Å². The molecule has 0 saturated carbocycles. The van der Waals surface area contributed by atoms with Crippen LogP contribution in [-0.2, 0) is 0 Å². The average molecular weight is 324 g/mol. The van der Waals surface area contributed by atoms with Crippen LogP contribution in [0.25, 0.3) is 0 Å². The van der Waals surface area contributed by atoms with Gasteiger partial charge in [0, 0.05) is 11.1 Å². The Kier molecular flexibility index (Phi) is 3.27. The van der Waals surface area contributed by atoms with Crippen molar-refractivity contribution in [2.24, 2.45) is 0 Å². The molecule has 0 spiro atoms. The van der Waals surface area contributed by atoms with E-state index in [1.807, 2.05) is 0 Å². The lowest BCUT2D eigenvalue weighted by atomic mass is 10.3. The monoisotopic (exact) mass is 323 g/mol. The molecule has 0 fully saturated rings. The molecule has 0 aromatic rings. The lowest BCUT2D eigenvalue weighted by Gasteiger charge is -2.32. The Morgan fingerprint density at radius 2 is 1.82 bits per heavy atom. The highest BCUT2D eigenvalue weighted by Crippen LogP contribution is 2.76. The first-order chi connectivity index (χ1) is 7.95. The Bertz CT molecular complexity index is 474. The van der Waals surface area contributed by atoms with Crippen LogP contribution in [0.2, 0.25) is 0 Å². The molecule has 1 unspecified atom stereocenters. The fraction of sp³-hybridized carbons (Fsp3) is 0.0909. The smallest absolute Gasteiger partial charge is 0.361 e. The van der Waals surface area contributed by atoms with Gasteiger partial charge in [-0.2, -0.15) is 13.2 Å². The highest BCUT2D eigenvalue weighted by Gasteiger charge is 2.51. The Balaban J connectivity index is 2.38. The van der Waals surface area contributed by atoms with E-state index in [-0.39, 0.29) is 4.91 Å². The van der Waals surface area contributed by atoms with E-state index in [1.54, 1.807) is 30.5 Å². The average Bonchev–Trinajstić information content (AvgIpc) is 2.51. The third-order valence-corrected chi connectivity index (χ3v) is 7.25. The second kappa shape index (κ2) is 4.42. The van der Waals surface area contributed by atoms with Crippen LogP contribution in [0.3, 0.4) is 0 Å². The van der Waals surface area contributed by atoms with Crippen molar-refractivity contribution in [2.45, 2.75) is 5.51 Å². The van der Waals surface area contributed by atoms with Gasteiger partial charge in [-0.05, 0) is 46.9 Å². The van der Waals surface area contributed by atoms with Crippen molar-refractivity contribution in [3.05, 3.63) is 58.7 Å². The van der Waals surface area contributed by atoms with E-state index in [4.69, 9.17) is 0 Å². The van der Waals surface area contributed by atoms with Crippen LogP contribution < -0.4 is 5.32 Å². The van der Waals surface area contributed by atoms with E-state index in [0.717, 1.165) is 0 Å². The summed E-state index contributed by atoms with van der Waals surface area (Å²) in [5.74, 6) is 0. The molecule has 2 rings (SSSR count). The molecular formula is C11H9BrF3NS. The number of hydrogen-bond acceptors (Lipinski definition) is 1. The Morgan fingerprint density at radius 1 is 1.06 bits per heavy atom. The van der Waals surface area contributed by atoms with Gasteiger partial charge in [0.1, 0.15) is 0 Å². The number of hydrogen-bond donors (Lipinski definition) is 1. The molecule has 0 saturated heterocycles. The van der Waals surface area contributed by atoms with Gasteiger partial charge in [0.25, 0.3) is 0 Å². The van der Waals surface area contributed by atoms with Crippen molar-refractivity contribution >= 4 is 23.3 Å². The zero-order valence-corrected chi connectivity index (χ0v) is 10.9. The second-order valence-corrected chi connectivity index (χ2v) is 8.76. The summed E-state index contributed by atoms with van der Waals surface area (Å²) in [7, 11) is -3.08. The van der Waals surface area contributed by atoms with Gasteiger partial charge in [0.15, 0.2) is 0 Å². The van der Waals surface area contributed by atoms with Crippen molar-refractivity contribution in [3.8, 4) is 0 Å². The highest BCUT2D eigenvalue weighted by atomic mass is 79.9. The molecule has 0 amide bonds. The molecule has 0 aromatic carbocycles. The minimum atomic E-state index is -4.30. The van der Waals surface area contributed by atoms with Gasteiger partial charge in [-0.25, -0.2) is 0 Å². The molecule has 2 aliphatic heterocycles. The largest absolute Gasteiger partial charge is 0.442 e. The van der Waals surface area contributed by atoms with Crippen molar-refractivity contribution in [3.63, 3.8) is 0 Å². The standard InChI is InChI=1S/C11H9BrF3NS/c12-17(11(13,14)15)8-4-6-10(17)9-5-2-1-3-7-16-9/h1-8,16H. The first-order valence-corrected chi connectivity index (χ1v) is 8.27. The Hall–Kier alpha value is -0.880. The van der Waals surface area contributed by atoms with Gasteiger partial charge in [0.05, 0.1) is 5.70 Å². The van der Waals surface area contributed by atoms with Crippen LogP contribution in [0, 0.1) is 0 Å².